The molecular weight excluding hydrogens is 212 g/mol. The zero-order valence-corrected chi connectivity index (χ0v) is 12.3. The summed E-state index contributed by atoms with van der Waals surface area (Å²) >= 11 is 0. The van der Waals surface area contributed by atoms with Crippen LogP contribution in [0.3, 0.4) is 0 Å². The first-order valence-electron chi connectivity index (χ1n) is 6.96. The van der Waals surface area contributed by atoms with Crippen molar-refractivity contribution < 1.29 is 4.74 Å². The Hall–Kier alpha value is -0.120. The normalized spacial score (nSPS) is 31.6. The van der Waals surface area contributed by atoms with E-state index in [9.17, 15) is 0 Å². The van der Waals surface area contributed by atoms with Crippen molar-refractivity contribution in [1.29, 1.82) is 0 Å². The molecule has 102 valence electrons. The van der Waals surface area contributed by atoms with Crippen molar-refractivity contribution in [2.45, 2.75) is 58.6 Å². The number of hydrogen-bond acceptors (Lipinski definition) is 3. The second-order valence-electron chi connectivity index (χ2n) is 6.12. The fourth-order valence-electron chi connectivity index (χ4n) is 2.76. The first kappa shape index (κ1) is 14.9. The topological polar surface area (TPSA) is 38.5 Å². The summed E-state index contributed by atoms with van der Waals surface area (Å²) in [6, 6.07) is 0. The summed E-state index contributed by atoms with van der Waals surface area (Å²) in [5.41, 5.74) is 6.55. The van der Waals surface area contributed by atoms with Crippen LogP contribution in [0.5, 0.6) is 0 Å². The summed E-state index contributed by atoms with van der Waals surface area (Å²) in [6.45, 7) is 11.7. The molecule has 1 rings (SSSR count). The Balaban J connectivity index is 2.48. The van der Waals surface area contributed by atoms with Crippen LogP contribution < -0.4 is 5.73 Å². The first-order valence-corrected chi connectivity index (χ1v) is 6.96. The van der Waals surface area contributed by atoms with E-state index in [0.29, 0.717) is 6.10 Å². The largest absolute Gasteiger partial charge is 0.378 e. The van der Waals surface area contributed by atoms with Crippen molar-refractivity contribution >= 4 is 0 Å². The summed E-state index contributed by atoms with van der Waals surface area (Å²) in [6.07, 6.45) is 3.82. The van der Waals surface area contributed by atoms with E-state index in [-0.39, 0.29) is 11.0 Å². The van der Waals surface area contributed by atoms with Gasteiger partial charge in [-0.3, -0.25) is 0 Å². The van der Waals surface area contributed by atoms with E-state index in [1.807, 2.05) is 0 Å². The summed E-state index contributed by atoms with van der Waals surface area (Å²) in [7, 11) is 2.17. The zero-order chi connectivity index (χ0) is 13.1. The third-order valence-corrected chi connectivity index (χ3v) is 4.45. The minimum atomic E-state index is -0.0880. The molecule has 0 aliphatic heterocycles. The van der Waals surface area contributed by atoms with Gasteiger partial charge in [-0.25, -0.2) is 0 Å². The van der Waals surface area contributed by atoms with Crippen LogP contribution in [0, 0.1) is 5.41 Å². The summed E-state index contributed by atoms with van der Waals surface area (Å²) in [4.78, 5) is 2.37. The number of unbranched alkanes of at least 4 members (excludes halogenated alkanes) is 1. The van der Waals surface area contributed by atoms with Crippen LogP contribution in [-0.4, -0.2) is 43.3 Å². The van der Waals surface area contributed by atoms with Crippen LogP contribution in [0.15, 0.2) is 0 Å². The van der Waals surface area contributed by atoms with Gasteiger partial charge < -0.3 is 15.4 Å². The Morgan fingerprint density at radius 2 is 2.00 bits per heavy atom. The second kappa shape index (κ2) is 5.68. The zero-order valence-electron chi connectivity index (χ0n) is 12.3. The van der Waals surface area contributed by atoms with Gasteiger partial charge in [0, 0.05) is 24.1 Å². The molecule has 0 radical (unpaired) electrons. The Morgan fingerprint density at radius 1 is 1.35 bits per heavy atom. The SMILES string of the molecule is CCCCN(C)CC1(N)CC(OCC)C1(C)C. The third kappa shape index (κ3) is 3.01. The Bertz CT molecular complexity index is 242. The van der Waals surface area contributed by atoms with Crippen LogP contribution in [0.25, 0.3) is 0 Å². The van der Waals surface area contributed by atoms with E-state index in [4.69, 9.17) is 10.5 Å². The molecule has 3 heteroatoms. The molecule has 17 heavy (non-hydrogen) atoms. The van der Waals surface area contributed by atoms with Gasteiger partial charge in [0.25, 0.3) is 0 Å². The van der Waals surface area contributed by atoms with E-state index in [0.717, 1.165) is 26.1 Å². The Labute approximate surface area is 107 Å². The average Bonchev–Trinajstić information content (AvgIpc) is 2.26. The molecule has 0 aromatic carbocycles. The van der Waals surface area contributed by atoms with Gasteiger partial charge >= 0.3 is 0 Å². The van der Waals surface area contributed by atoms with Crippen LogP contribution in [0.2, 0.25) is 0 Å². The van der Waals surface area contributed by atoms with Crippen molar-refractivity contribution in [3.8, 4) is 0 Å². The van der Waals surface area contributed by atoms with E-state index in [1.165, 1.54) is 12.8 Å². The van der Waals surface area contributed by atoms with Gasteiger partial charge in [0.15, 0.2) is 0 Å². The molecule has 0 spiro atoms. The third-order valence-electron chi connectivity index (χ3n) is 4.45. The van der Waals surface area contributed by atoms with Crippen molar-refractivity contribution in [1.82, 2.24) is 4.90 Å². The second-order valence-corrected chi connectivity index (χ2v) is 6.12. The number of rotatable bonds is 7. The van der Waals surface area contributed by atoms with Crippen molar-refractivity contribution in [2.75, 3.05) is 26.7 Å². The summed E-state index contributed by atoms with van der Waals surface area (Å²) in [5.74, 6) is 0. The smallest absolute Gasteiger partial charge is 0.0662 e. The monoisotopic (exact) mass is 242 g/mol. The standard InChI is InChI=1S/C14H30N2O/c1-6-8-9-16(5)11-14(15)10-12(17-7-2)13(14,3)4/h12H,6-11,15H2,1-5H3. The van der Waals surface area contributed by atoms with E-state index in [1.54, 1.807) is 0 Å². The van der Waals surface area contributed by atoms with Crippen molar-refractivity contribution in [3.05, 3.63) is 0 Å². The molecule has 0 amide bonds. The molecule has 0 saturated heterocycles. The number of likely N-dealkylation sites (N-methyl/N-ethyl adjacent to an activating group) is 1. The molecule has 3 nitrogen and oxygen atoms in total. The van der Waals surface area contributed by atoms with Gasteiger partial charge in [-0.05, 0) is 33.4 Å². The molecule has 0 aromatic rings. The number of hydrogen-bond donors (Lipinski definition) is 1. The quantitative estimate of drug-likeness (QED) is 0.744. The van der Waals surface area contributed by atoms with Crippen LogP contribution in [0.1, 0.15) is 47.0 Å². The molecule has 2 atom stereocenters. The van der Waals surface area contributed by atoms with Gasteiger partial charge in [-0.2, -0.15) is 0 Å². The first-order chi connectivity index (χ1) is 7.87. The predicted octanol–water partition coefficient (Wildman–Crippen LogP) is 2.25. The fourth-order valence-corrected chi connectivity index (χ4v) is 2.76. The Kier molecular flexibility index (Phi) is 4.99. The van der Waals surface area contributed by atoms with Gasteiger partial charge in [-0.1, -0.05) is 27.2 Å². The summed E-state index contributed by atoms with van der Waals surface area (Å²) in [5, 5.41) is 0. The molecule has 1 fully saturated rings. The number of nitrogens with zero attached hydrogens (tertiary/aromatic N) is 1. The van der Waals surface area contributed by atoms with Crippen molar-refractivity contribution in [3.63, 3.8) is 0 Å². The average molecular weight is 242 g/mol. The van der Waals surface area contributed by atoms with Crippen LogP contribution in [0.4, 0.5) is 0 Å². The minimum Gasteiger partial charge on any atom is -0.378 e. The number of ether oxygens (including phenoxy) is 1. The maximum absolute atomic E-state index is 6.55. The van der Waals surface area contributed by atoms with Gasteiger partial charge in [0.05, 0.1) is 6.10 Å². The lowest BCUT2D eigenvalue weighted by atomic mass is 9.54. The molecule has 0 heterocycles. The molecule has 0 bridgehead atoms. The molecule has 1 saturated carbocycles. The maximum Gasteiger partial charge on any atom is 0.0662 e. The fraction of sp³-hybridized carbons (Fsp3) is 1.00. The van der Waals surface area contributed by atoms with E-state index < -0.39 is 0 Å². The molecule has 2 N–H and O–H groups in total. The molecule has 1 aliphatic rings. The highest BCUT2D eigenvalue weighted by atomic mass is 16.5. The van der Waals surface area contributed by atoms with Crippen LogP contribution >= 0.6 is 0 Å². The highest BCUT2D eigenvalue weighted by Crippen LogP contribution is 2.49. The van der Waals surface area contributed by atoms with E-state index >= 15 is 0 Å². The maximum atomic E-state index is 6.55. The minimum absolute atomic E-state index is 0.0868. The molecule has 0 aromatic heterocycles. The summed E-state index contributed by atoms with van der Waals surface area (Å²) < 4.78 is 5.75. The lowest BCUT2D eigenvalue weighted by molar-refractivity contribution is -0.155. The highest BCUT2D eigenvalue weighted by molar-refractivity contribution is 5.14. The Morgan fingerprint density at radius 3 is 2.47 bits per heavy atom. The molecule has 1 aliphatic carbocycles. The molecular formula is C14H30N2O. The number of nitrogens with two attached hydrogens (primary N) is 1. The predicted molar refractivity (Wildman–Crippen MR) is 73.1 cm³/mol. The van der Waals surface area contributed by atoms with Gasteiger partial charge in [-0.15, -0.1) is 0 Å². The van der Waals surface area contributed by atoms with Crippen molar-refractivity contribution in [2.24, 2.45) is 11.1 Å². The van der Waals surface area contributed by atoms with E-state index in [2.05, 4.69) is 39.6 Å². The van der Waals surface area contributed by atoms with Gasteiger partial charge in [0.1, 0.15) is 0 Å². The molecule has 2 unspecified atom stereocenters. The van der Waals surface area contributed by atoms with Gasteiger partial charge in [0.2, 0.25) is 0 Å². The lowest BCUT2D eigenvalue weighted by Crippen LogP contribution is -2.73. The highest BCUT2D eigenvalue weighted by Gasteiger charge is 2.58. The lowest BCUT2D eigenvalue weighted by Gasteiger charge is -2.60. The van der Waals surface area contributed by atoms with Crippen LogP contribution in [-0.2, 0) is 4.74 Å².